The van der Waals surface area contributed by atoms with Crippen molar-refractivity contribution in [2.24, 2.45) is 0 Å². The molecule has 0 aliphatic carbocycles. The van der Waals surface area contributed by atoms with Crippen molar-refractivity contribution < 1.29 is 24.2 Å². The SMILES string of the molecule is COc1cccc(NC(=O)c2ccc(NC3=CC(=O)N(CCO)C3=O)cc2)c1. The lowest BCUT2D eigenvalue weighted by atomic mass is 10.2. The Morgan fingerprint density at radius 2 is 1.86 bits per heavy atom. The molecule has 8 nitrogen and oxygen atoms in total. The summed E-state index contributed by atoms with van der Waals surface area (Å²) in [6.07, 6.45) is 1.18. The van der Waals surface area contributed by atoms with Crippen LogP contribution in [0.25, 0.3) is 0 Å². The number of carbonyl (C=O) groups excluding carboxylic acids is 3. The predicted molar refractivity (Wildman–Crippen MR) is 103 cm³/mol. The Morgan fingerprint density at radius 1 is 1.11 bits per heavy atom. The van der Waals surface area contributed by atoms with E-state index in [4.69, 9.17) is 9.84 Å². The highest BCUT2D eigenvalue weighted by Gasteiger charge is 2.30. The largest absolute Gasteiger partial charge is 0.497 e. The number of aliphatic hydroxyl groups excluding tert-OH is 1. The smallest absolute Gasteiger partial charge is 0.277 e. The van der Waals surface area contributed by atoms with E-state index < -0.39 is 11.8 Å². The molecule has 0 saturated carbocycles. The molecule has 3 rings (SSSR count). The van der Waals surface area contributed by atoms with Crippen molar-refractivity contribution in [2.45, 2.75) is 0 Å². The highest BCUT2D eigenvalue weighted by atomic mass is 16.5. The number of imide groups is 1. The van der Waals surface area contributed by atoms with E-state index in [9.17, 15) is 14.4 Å². The van der Waals surface area contributed by atoms with Gasteiger partial charge in [0.25, 0.3) is 17.7 Å². The molecule has 8 heteroatoms. The van der Waals surface area contributed by atoms with Gasteiger partial charge >= 0.3 is 0 Å². The quantitative estimate of drug-likeness (QED) is 0.629. The van der Waals surface area contributed by atoms with Gasteiger partial charge in [0, 0.05) is 29.1 Å². The first-order chi connectivity index (χ1) is 13.5. The van der Waals surface area contributed by atoms with Gasteiger partial charge in [-0.25, -0.2) is 0 Å². The van der Waals surface area contributed by atoms with Gasteiger partial charge in [-0.2, -0.15) is 0 Å². The van der Waals surface area contributed by atoms with Crippen LogP contribution in [0.3, 0.4) is 0 Å². The molecule has 3 N–H and O–H groups in total. The molecule has 0 saturated heterocycles. The molecular weight excluding hydrogens is 362 g/mol. The van der Waals surface area contributed by atoms with E-state index in [-0.39, 0.29) is 24.8 Å². The zero-order valence-electron chi connectivity index (χ0n) is 15.1. The lowest BCUT2D eigenvalue weighted by molar-refractivity contribution is -0.137. The van der Waals surface area contributed by atoms with Crippen LogP contribution in [0.15, 0.2) is 60.3 Å². The number of hydrogen-bond donors (Lipinski definition) is 3. The molecule has 1 aliphatic heterocycles. The maximum absolute atomic E-state index is 12.4. The Balaban J connectivity index is 1.65. The van der Waals surface area contributed by atoms with Crippen LogP contribution in [-0.4, -0.2) is 48.0 Å². The summed E-state index contributed by atoms with van der Waals surface area (Å²) in [6, 6.07) is 13.5. The summed E-state index contributed by atoms with van der Waals surface area (Å²) in [5, 5.41) is 14.6. The zero-order chi connectivity index (χ0) is 20.1. The van der Waals surface area contributed by atoms with E-state index >= 15 is 0 Å². The molecule has 0 unspecified atom stereocenters. The van der Waals surface area contributed by atoms with Gasteiger partial charge in [-0.15, -0.1) is 0 Å². The summed E-state index contributed by atoms with van der Waals surface area (Å²) in [7, 11) is 1.55. The molecule has 0 radical (unpaired) electrons. The second-order valence-corrected chi connectivity index (χ2v) is 5.97. The van der Waals surface area contributed by atoms with Crippen LogP contribution >= 0.6 is 0 Å². The van der Waals surface area contributed by atoms with Crippen LogP contribution in [-0.2, 0) is 9.59 Å². The fourth-order valence-electron chi connectivity index (χ4n) is 2.67. The Kier molecular flexibility index (Phi) is 5.71. The van der Waals surface area contributed by atoms with Gasteiger partial charge in [0.05, 0.1) is 20.3 Å². The number of anilines is 2. The molecule has 2 aromatic carbocycles. The first-order valence-corrected chi connectivity index (χ1v) is 8.52. The van der Waals surface area contributed by atoms with Crippen molar-refractivity contribution in [3.8, 4) is 5.75 Å². The van der Waals surface area contributed by atoms with Gasteiger partial charge in [-0.3, -0.25) is 19.3 Å². The first-order valence-electron chi connectivity index (χ1n) is 8.52. The highest BCUT2D eigenvalue weighted by molar-refractivity contribution is 6.17. The molecule has 0 spiro atoms. The topological polar surface area (TPSA) is 108 Å². The molecule has 0 atom stereocenters. The van der Waals surface area contributed by atoms with Gasteiger partial charge in [0.1, 0.15) is 11.4 Å². The van der Waals surface area contributed by atoms with Crippen LogP contribution in [0.4, 0.5) is 11.4 Å². The number of rotatable bonds is 7. The standard InChI is InChI=1S/C20H19N3O5/c1-28-16-4-2-3-15(11-16)22-19(26)13-5-7-14(8-6-13)21-17-12-18(25)23(9-10-24)20(17)27/h2-8,11-12,21,24H,9-10H2,1H3,(H,22,26). The van der Waals surface area contributed by atoms with Crippen LogP contribution in [0.5, 0.6) is 5.75 Å². The fourth-order valence-corrected chi connectivity index (χ4v) is 2.67. The van der Waals surface area contributed by atoms with Gasteiger partial charge in [-0.1, -0.05) is 6.07 Å². The van der Waals surface area contributed by atoms with E-state index in [1.165, 1.54) is 6.08 Å². The minimum Gasteiger partial charge on any atom is -0.497 e. The van der Waals surface area contributed by atoms with Crippen molar-refractivity contribution in [3.63, 3.8) is 0 Å². The second-order valence-electron chi connectivity index (χ2n) is 5.97. The number of ether oxygens (including phenoxy) is 1. The average Bonchev–Trinajstić information content (AvgIpc) is 2.96. The summed E-state index contributed by atoms with van der Waals surface area (Å²) >= 11 is 0. The summed E-state index contributed by atoms with van der Waals surface area (Å²) < 4.78 is 5.13. The summed E-state index contributed by atoms with van der Waals surface area (Å²) in [4.78, 5) is 37.2. The maximum atomic E-state index is 12.4. The molecular formula is C20H19N3O5. The minimum atomic E-state index is -0.501. The van der Waals surface area contributed by atoms with Gasteiger partial charge in [-0.05, 0) is 36.4 Å². The highest BCUT2D eigenvalue weighted by Crippen LogP contribution is 2.20. The third-order valence-electron chi connectivity index (χ3n) is 4.09. The molecule has 28 heavy (non-hydrogen) atoms. The molecule has 0 aromatic heterocycles. The molecule has 144 valence electrons. The fraction of sp³-hybridized carbons (Fsp3) is 0.150. The van der Waals surface area contributed by atoms with Gasteiger partial charge in [0.2, 0.25) is 0 Å². The molecule has 1 aliphatic rings. The normalized spacial score (nSPS) is 13.4. The van der Waals surface area contributed by atoms with Crippen molar-refractivity contribution in [1.82, 2.24) is 4.90 Å². The molecule has 2 aromatic rings. The Labute approximate surface area is 161 Å². The second kappa shape index (κ2) is 8.36. The summed E-state index contributed by atoms with van der Waals surface area (Å²) in [5.74, 6) is -0.633. The Bertz CT molecular complexity index is 937. The summed E-state index contributed by atoms with van der Waals surface area (Å²) in [6.45, 7) is -0.349. The van der Waals surface area contributed by atoms with Gasteiger partial charge < -0.3 is 20.5 Å². The monoisotopic (exact) mass is 381 g/mol. The lowest BCUT2D eigenvalue weighted by Crippen LogP contribution is -2.34. The molecule has 0 bridgehead atoms. The van der Waals surface area contributed by atoms with Crippen molar-refractivity contribution in [2.75, 3.05) is 30.9 Å². The first kappa shape index (κ1) is 19.1. The number of amides is 3. The van der Waals surface area contributed by atoms with E-state index in [1.807, 2.05) is 0 Å². The van der Waals surface area contributed by atoms with Crippen LogP contribution in [0.1, 0.15) is 10.4 Å². The molecule has 1 heterocycles. The Hall–Kier alpha value is -3.65. The maximum Gasteiger partial charge on any atom is 0.277 e. The number of carbonyl (C=O) groups is 3. The van der Waals surface area contributed by atoms with E-state index in [0.717, 1.165) is 4.90 Å². The number of benzene rings is 2. The number of methoxy groups -OCH3 is 1. The van der Waals surface area contributed by atoms with Crippen LogP contribution in [0.2, 0.25) is 0 Å². The van der Waals surface area contributed by atoms with Gasteiger partial charge in [0.15, 0.2) is 0 Å². The predicted octanol–water partition coefficient (Wildman–Crippen LogP) is 1.60. The van der Waals surface area contributed by atoms with Crippen molar-refractivity contribution >= 4 is 29.1 Å². The van der Waals surface area contributed by atoms with E-state index in [1.54, 1.807) is 55.6 Å². The minimum absolute atomic E-state index is 0.0528. The third-order valence-corrected chi connectivity index (χ3v) is 4.09. The van der Waals surface area contributed by atoms with Crippen LogP contribution < -0.4 is 15.4 Å². The number of nitrogens with one attached hydrogen (secondary N) is 2. The average molecular weight is 381 g/mol. The molecule has 3 amide bonds. The lowest BCUT2D eigenvalue weighted by Gasteiger charge is -2.13. The number of nitrogens with zero attached hydrogens (tertiary/aromatic N) is 1. The van der Waals surface area contributed by atoms with Crippen LogP contribution in [0, 0.1) is 0 Å². The van der Waals surface area contributed by atoms with Crippen molar-refractivity contribution in [3.05, 3.63) is 65.9 Å². The Morgan fingerprint density at radius 3 is 2.54 bits per heavy atom. The van der Waals surface area contributed by atoms with E-state index in [2.05, 4.69) is 10.6 Å². The number of hydrogen-bond acceptors (Lipinski definition) is 6. The van der Waals surface area contributed by atoms with E-state index in [0.29, 0.717) is 22.7 Å². The van der Waals surface area contributed by atoms with Crippen molar-refractivity contribution in [1.29, 1.82) is 0 Å². The molecule has 0 fully saturated rings. The summed E-state index contributed by atoms with van der Waals surface area (Å²) in [5.41, 5.74) is 1.71. The number of β-amino-alcohol motifs (C(OH)–C–C–N with tert-alkyl or cyclic N) is 1. The third kappa shape index (κ3) is 4.18. The number of aliphatic hydroxyl groups is 1. The zero-order valence-corrected chi connectivity index (χ0v) is 15.1.